The van der Waals surface area contributed by atoms with Gasteiger partial charge in [-0.3, -0.25) is 10.4 Å². The first kappa shape index (κ1) is 17.5. The Morgan fingerprint density at radius 2 is 2.17 bits per heavy atom. The number of hydrogen-bond acceptors (Lipinski definition) is 4. The lowest BCUT2D eigenvalue weighted by Crippen LogP contribution is -2.40. The lowest BCUT2D eigenvalue weighted by molar-refractivity contribution is 0.240. The summed E-state index contributed by atoms with van der Waals surface area (Å²) >= 11 is 0. The van der Waals surface area contributed by atoms with Gasteiger partial charge in [-0.15, -0.1) is 0 Å². The summed E-state index contributed by atoms with van der Waals surface area (Å²) in [5.74, 6) is 0.689. The van der Waals surface area contributed by atoms with Crippen molar-refractivity contribution < 1.29 is 9.53 Å². The summed E-state index contributed by atoms with van der Waals surface area (Å²) < 4.78 is 5.29. The van der Waals surface area contributed by atoms with Crippen LogP contribution in [0.2, 0.25) is 0 Å². The molecule has 1 atom stereocenters. The molecule has 0 saturated carbocycles. The zero-order chi connectivity index (χ0) is 17.5. The van der Waals surface area contributed by atoms with E-state index in [1.165, 1.54) is 0 Å². The molecule has 6 heteroatoms. The summed E-state index contributed by atoms with van der Waals surface area (Å²) in [5, 5.41) is 13.9. The molecule has 0 spiro atoms. The SMILES string of the molecule is CNC(=O)NC(C)Cc1ccc(OC)cc1C(=N)c1cccnc1. The topological polar surface area (TPSA) is 87.1 Å². The van der Waals surface area contributed by atoms with Crippen LogP contribution < -0.4 is 15.4 Å². The number of carbonyl (C=O) groups excluding carboxylic acids is 1. The van der Waals surface area contributed by atoms with Crippen LogP contribution in [-0.2, 0) is 6.42 Å². The first-order valence-corrected chi connectivity index (χ1v) is 7.69. The molecule has 0 aliphatic heterocycles. The minimum atomic E-state index is -0.222. The van der Waals surface area contributed by atoms with Crippen molar-refractivity contribution in [1.82, 2.24) is 15.6 Å². The quantitative estimate of drug-likeness (QED) is 0.712. The minimum Gasteiger partial charge on any atom is -0.497 e. The van der Waals surface area contributed by atoms with Crippen LogP contribution in [0.15, 0.2) is 42.7 Å². The van der Waals surface area contributed by atoms with Crippen molar-refractivity contribution in [2.24, 2.45) is 0 Å². The summed E-state index contributed by atoms with van der Waals surface area (Å²) in [4.78, 5) is 15.5. The fourth-order valence-electron chi connectivity index (χ4n) is 2.44. The fraction of sp³-hybridized carbons (Fsp3) is 0.278. The van der Waals surface area contributed by atoms with E-state index in [4.69, 9.17) is 10.1 Å². The van der Waals surface area contributed by atoms with Crippen LogP contribution in [0.25, 0.3) is 0 Å². The molecule has 3 N–H and O–H groups in total. The highest BCUT2D eigenvalue weighted by molar-refractivity contribution is 6.11. The molecule has 0 radical (unpaired) electrons. The van der Waals surface area contributed by atoms with Crippen LogP contribution in [0.1, 0.15) is 23.6 Å². The van der Waals surface area contributed by atoms with Crippen LogP contribution in [0.5, 0.6) is 5.75 Å². The van der Waals surface area contributed by atoms with E-state index in [0.717, 1.165) is 16.7 Å². The second kappa shape index (κ2) is 8.10. The Hall–Kier alpha value is -2.89. The van der Waals surface area contributed by atoms with Crippen molar-refractivity contribution in [3.05, 3.63) is 59.4 Å². The molecular formula is C18H22N4O2. The summed E-state index contributed by atoms with van der Waals surface area (Å²) in [6.07, 6.45) is 3.95. The third-order valence-corrected chi connectivity index (χ3v) is 3.67. The third-order valence-electron chi connectivity index (χ3n) is 3.67. The number of urea groups is 1. The number of amides is 2. The number of benzene rings is 1. The van der Waals surface area contributed by atoms with Crippen molar-refractivity contribution in [1.29, 1.82) is 5.41 Å². The number of rotatable bonds is 6. The first-order valence-electron chi connectivity index (χ1n) is 7.69. The second-order valence-electron chi connectivity index (χ2n) is 5.47. The third kappa shape index (κ3) is 4.32. The van der Waals surface area contributed by atoms with Crippen LogP contribution in [0.4, 0.5) is 4.79 Å². The van der Waals surface area contributed by atoms with Gasteiger partial charge in [-0.2, -0.15) is 0 Å². The van der Waals surface area contributed by atoms with Gasteiger partial charge in [0.15, 0.2) is 0 Å². The highest BCUT2D eigenvalue weighted by atomic mass is 16.5. The summed E-state index contributed by atoms with van der Waals surface area (Å²) in [6, 6.07) is 9.00. The molecular weight excluding hydrogens is 304 g/mol. The number of hydrogen-bond donors (Lipinski definition) is 3. The molecule has 2 rings (SSSR count). The van der Waals surface area contributed by atoms with E-state index in [1.54, 1.807) is 32.6 Å². The zero-order valence-corrected chi connectivity index (χ0v) is 14.1. The van der Waals surface area contributed by atoms with Gasteiger partial charge in [0.25, 0.3) is 0 Å². The maximum absolute atomic E-state index is 11.5. The highest BCUT2D eigenvalue weighted by Gasteiger charge is 2.15. The largest absolute Gasteiger partial charge is 0.497 e. The van der Waals surface area contributed by atoms with Crippen LogP contribution in [-0.4, -0.2) is 36.9 Å². The Morgan fingerprint density at radius 3 is 2.79 bits per heavy atom. The van der Waals surface area contributed by atoms with E-state index < -0.39 is 0 Å². The van der Waals surface area contributed by atoms with Crippen LogP contribution in [0, 0.1) is 5.41 Å². The van der Waals surface area contributed by atoms with Gasteiger partial charge in [0, 0.05) is 36.6 Å². The van der Waals surface area contributed by atoms with E-state index in [9.17, 15) is 4.79 Å². The molecule has 0 saturated heterocycles. The number of carbonyl (C=O) groups is 1. The van der Waals surface area contributed by atoms with Gasteiger partial charge >= 0.3 is 6.03 Å². The molecule has 6 nitrogen and oxygen atoms in total. The van der Waals surface area contributed by atoms with E-state index in [2.05, 4.69) is 15.6 Å². The number of aromatic nitrogens is 1. The molecule has 1 unspecified atom stereocenters. The maximum Gasteiger partial charge on any atom is 0.314 e. The molecule has 2 aromatic rings. The predicted molar refractivity (Wildman–Crippen MR) is 93.9 cm³/mol. The first-order chi connectivity index (χ1) is 11.5. The van der Waals surface area contributed by atoms with Crippen molar-refractivity contribution >= 4 is 11.7 Å². The van der Waals surface area contributed by atoms with E-state index in [1.807, 2.05) is 31.2 Å². The van der Waals surface area contributed by atoms with Crippen molar-refractivity contribution in [2.45, 2.75) is 19.4 Å². The molecule has 1 aromatic carbocycles. The molecule has 0 aliphatic rings. The van der Waals surface area contributed by atoms with E-state index in [0.29, 0.717) is 17.9 Å². The maximum atomic E-state index is 11.5. The number of methoxy groups -OCH3 is 1. The van der Waals surface area contributed by atoms with Crippen LogP contribution in [0.3, 0.4) is 0 Å². The van der Waals surface area contributed by atoms with E-state index in [-0.39, 0.29) is 12.1 Å². The molecule has 24 heavy (non-hydrogen) atoms. The molecule has 0 bridgehead atoms. The molecule has 2 amide bonds. The fourth-order valence-corrected chi connectivity index (χ4v) is 2.44. The number of ether oxygens (including phenoxy) is 1. The van der Waals surface area contributed by atoms with Crippen molar-refractivity contribution in [2.75, 3.05) is 14.2 Å². The average Bonchev–Trinajstić information content (AvgIpc) is 2.62. The molecule has 0 fully saturated rings. The summed E-state index contributed by atoms with van der Waals surface area (Å²) in [7, 11) is 3.18. The Morgan fingerprint density at radius 1 is 1.38 bits per heavy atom. The molecule has 1 aromatic heterocycles. The van der Waals surface area contributed by atoms with Crippen molar-refractivity contribution in [3.63, 3.8) is 0 Å². The Balaban J connectivity index is 2.31. The van der Waals surface area contributed by atoms with Gasteiger partial charge in [0.05, 0.1) is 12.8 Å². The van der Waals surface area contributed by atoms with Gasteiger partial charge in [-0.25, -0.2) is 4.79 Å². The number of pyridine rings is 1. The van der Waals surface area contributed by atoms with Gasteiger partial charge in [0.2, 0.25) is 0 Å². The molecule has 1 heterocycles. The Kier molecular flexibility index (Phi) is 5.89. The standard InChI is InChI=1S/C18H22N4O2/c1-12(22-18(23)20-2)9-13-6-7-15(24-3)10-16(13)17(19)14-5-4-8-21-11-14/h4-8,10-12,19H,9H2,1-3H3,(H2,20,22,23). The monoisotopic (exact) mass is 326 g/mol. The highest BCUT2D eigenvalue weighted by Crippen LogP contribution is 2.22. The minimum absolute atomic E-state index is 0.0706. The Labute approximate surface area is 141 Å². The normalized spacial score (nSPS) is 11.5. The molecule has 0 aliphatic carbocycles. The van der Waals surface area contributed by atoms with Gasteiger partial charge < -0.3 is 15.4 Å². The van der Waals surface area contributed by atoms with Gasteiger partial charge in [0.1, 0.15) is 5.75 Å². The summed E-state index contributed by atoms with van der Waals surface area (Å²) in [6.45, 7) is 1.93. The van der Waals surface area contributed by atoms with Crippen LogP contribution >= 0.6 is 0 Å². The predicted octanol–water partition coefficient (Wildman–Crippen LogP) is 2.37. The second-order valence-corrected chi connectivity index (χ2v) is 5.47. The Bertz CT molecular complexity index is 716. The molecule has 126 valence electrons. The zero-order valence-electron chi connectivity index (χ0n) is 14.1. The van der Waals surface area contributed by atoms with Gasteiger partial charge in [-0.1, -0.05) is 6.07 Å². The van der Waals surface area contributed by atoms with Crippen molar-refractivity contribution in [3.8, 4) is 5.75 Å². The number of nitrogens with zero attached hydrogens (tertiary/aromatic N) is 1. The van der Waals surface area contributed by atoms with E-state index >= 15 is 0 Å². The lowest BCUT2D eigenvalue weighted by Gasteiger charge is -2.17. The van der Waals surface area contributed by atoms with Gasteiger partial charge in [-0.05, 0) is 43.2 Å². The lowest BCUT2D eigenvalue weighted by atomic mass is 9.94. The average molecular weight is 326 g/mol. The summed E-state index contributed by atoms with van der Waals surface area (Å²) in [5.41, 5.74) is 2.85. The smallest absolute Gasteiger partial charge is 0.314 e. The number of nitrogens with one attached hydrogen (secondary N) is 3.